The van der Waals surface area contributed by atoms with Crippen molar-refractivity contribution in [3.8, 4) is 0 Å². The molecule has 0 aromatic heterocycles. The summed E-state index contributed by atoms with van der Waals surface area (Å²) in [5.74, 6) is 0.522. The molecule has 0 aliphatic carbocycles. The van der Waals surface area contributed by atoms with Gasteiger partial charge >= 0.3 is 0 Å². The van der Waals surface area contributed by atoms with Crippen LogP contribution in [0.1, 0.15) is 25.8 Å². The minimum absolute atomic E-state index is 0.159. The highest BCUT2D eigenvalue weighted by atomic mass is 79.9. The van der Waals surface area contributed by atoms with Crippen LogP contribution in [0.25, 0.3) is 0 Å². The number of aryl methyl sites for hydroxylation is 1. The van der Waals surface area contributed by atoms with E-state index < -0.39 is 0 Å². The Labute approximate surface area is 106 Å². The molecule has 0 unspecified atom stereocenters. The molecule has 0 aliphatic heterocycles. The van der Waals surface area contributed by atoms with E-state index in [1.807, 2.05) is 0 Å². The molecule has 1 aromatic carbocycles. The lowest BCUT2D eigenvalue weighted by Gasteiger charge is -2.08. The Morgan fingerprint density at radius 1 is 1.38 bits per heavy atom. The predicted molar refractivity (Wildman–Crippen MR) is 70.1 cm³/mol. The van der Waals surface area contributed by atoms with E-state index >= 15 is 0 Å². The Kier molecular flexibility index (Phi) is 5.99. The fourth-order valence-corrected chi connectivity index (χ4v) is 1.97. The maximum Gasteiger partial charge on any atom is 0.123 e. The quantitative estimate of drug-likeness (QED) is 0.786. The summed E-state index contributed by atoms with van der Waals surface area (Å²) in [6, 6.07) is 4.85. The Bertz CT molecular complexity index is 326. The highest BCUT2D eigenvalue weighted by molar-refractivity contribution is 9.10. The zero-order chi connectivity index (χ0) is 12.0. The van der Waals surface area contributed by atoms with E-state index in [9.17, 15) is 4.39 Å². The highest BCUT2D eigenvalue weighted by Gasteiger charge is 2.01. The van der Waals surface area contributed by atoms with Gasteiger partial charge in [-0.1, -0.05) is 29.8 Å². The molecule has 0 heterocycles. The van der Waals surface area contributed by atoms with Gasteiger partial charge in [0, 0.05) is 4.47 Å². The molecule has 90 valence electrons. The van der Waals surface area contributed by atoms with Crippen LogP contribution in [-0.4, -0.2) is 13.1 Å². The van der Waals surface area contributed by atoms with E-state index in [0.717, 1.165) is 36.0 Å². The van der Waals surface area contributed by atoms with Gasteiger partial charge in [-0.05, 0) is 55.6 Å². The molecule has 0 atom stereocenters. The zero-order valence-electron chi connectivity index (χ0n) is 9.89. The second kappa shape index (κ2) is 7.02. The maximum absolute atomic E-state index is 13.0. The summed E-state index contributed by atoms with van der Waals surface area (Å²) >= 11 is 3.44. The van der Waals surface area contributed by atoms with Crippen molar-refractivity contribution in [1.82, 2.24) is 5.32 Å². The van der Waals surface area contributed by atoms with Crippen LogP contribution in [0.4, 0.5) is 4.39 Å². The Morgan fingerprint density at radius 2 is 2.12 bits per heavy atom. The predicted octanol–water partition coefficient (Wildman–Crippen LogP) is 3.77. The van der Waals surface area contributed by atoms with Gasteiger partial charge in [0.1, 0.15) is 5.82 Å². The summed E-state index contributed by atoms with van der Waals surface area (Å²) in [5, 5.41) is 3.38. The molecular formula is C13H19BrFN. The number of hydrogen-bond acceptors (Lipinski definition) is 1. The highest BCUT2D eigenvalue weighted by Crippen LogP contribution is 2.19. The molecule has 1 N–H and O–H groups in total. The van der Waals surface area contributed by atoms with E-state index in [1.54, 1.807) is 12.1 Å². The van der Waals surface area contributed by atoms with Crippen LogP contribution in [0, 0.1) is 11.7 Å². The van der Waals surface area contributed by atoms with Crippen LogP contribution >= 0.6 is 15.9 Å². The molecule has 0 saturated heterocycles. The molecule has 0 amide bonds. The third-order valence-corrected chi connectivity index (χ3v) is 3.13. The average molecular weight is 288 g/mol. The second-order valence-electron chi connectivity index (χ2n) is 4.44. The summed E-state index contributed by atoms with van der Waals surface area (Å²) in [6.07, 6.45) is 1.94. The van der Waals surface area contributed by atoms with Gasteiger partial charge in [0.25, 0.3) is 0 Å². The van der Waals surface area contributed by atoms with Crippen molar-refractivity contribution in [2.24, 2.45) is 5.92 Å². The number of benzene rings is 1. The van der Waals surface area contributed by atoms with Gasteiger partial charge in [-0.15, -0.1) is 0 Å². The average Bonchev–Trinajstić information content (AvgIpc) is 2.22. The first-order chi connectivity index (χ1) is 7.59. The second-order valence-corrected chi connectivity index (χ2v) is 5.29. The van der Waals surface area contributed by atoms with Crippen LogP contribution in [0.3, 0.4) is 0 Å². The SMILES string of the molecule is CC(C)CNCCCc1cc(F)ccc1Br. The van der Waals surface area contributed by atoms with Crippen LogP contribution in [0.15, 0.2) is 22.7 Å². The van der Waals surface area contributed by atoms with Crippen molar-refractivity contribution in [2.45, 2.75) is 26.7 Å². The first kappa shape index (κ1) is 13.7. The van der Waals surface area contributed by atoms with Gasteiger partial charge in [-0.25, -0.2) is 4.39 Å². The van der Waals surface area contributed by atoms with Crippen molar-refractivity contribution < 1.29 is 4.39 Å². The molecule has 0 bridgehead atoms. The van der Waals surface area contributed by atoms with Crippen molar-refractivity contribution in [2.75, 3.05) is 13.1 Å². The van der Waals surface area contributed by atoms with E-state index in [4.69, 9.17) is 0 Å². The maximum atomic E-state index is 13.0. The summed E-state index contributed by atoms with van der Waals surface area (Å²) < 4.78 is 14.0. The van der Waals surface area contributed by atoms with Crippen molar-refractivity contribution in [3.63, 3.8) is 0 Å². The molecular weight excluding hydrogens is 269 g/mol. The molecule has 0 aliphatic rings. The van der Waals surface area contributed by atoms with Gasteiger partial charge in [-0.3, -0.25) is 0 Å². The van der Waals surface area contributed by atoms with Crippen molar-refractivity contribution in [3.05, 3.63) is 34.1 Å². The Morgan fingerprint density at radius 3 is 2.81 bits per heavy atom. The molecule has 1 nitrogen and oxygen atoms in total. The third-order valence-electron chi connectivity index (χ3n) is 2.36. The van der Waals surface area contributed by atoms with Gasteiger partial charge in [0.05, 0.1) is 0 Å². The minimum Gasteiger partial charge on any atom is -0.316 e. The minimum atomic E-state index is -0.159. The molecule has 1 aromatic rings. The monoisotopic (exact) mass is 287 g/mol. The van der Waals surface area contributed by atoms with E-state index in [0.29, 0.717) is 5.92 Å². The normalized spacial score (nSPS) is 11.1. The number of nitrogens with one attached hydrogen (secondary N) is 1. The third kappa shape index (κ3) is 5.08. The lowest BCUT2D eigenvalue weighted by molar-refractivity contribution is 0.542. The topological polar surface area (TPSA) is 12.0 Å². The Balaban J connectivity index is 2.29. The zero-order valence-corrected chi connectivity index (χ0v) is 11.5. The van der Waals surface area contributed by atoms with E-state index in [2.05, 4.69) is 35.1 Å². The van der Waals surface area contributed by atoms with Crippen molar-refractivity contribution in [1.29, 1.82) is 0 Å². The smallest absolute Gasteiger partial charge is 0.123 e. The van der Waals surface area contributed by atoms with Gasteiger partial charge in [-0.2, -0.15) is 0 Å². The van der Waals surface area contributed by atoms with Crippen LogP contribution in [0.2, 0.25) is 0 Å². The standard InChI is InChI=1S/C13H19BrFN/c1-10(2)9-16-7-3-4-11-8-12(15)5-6-13(11)14/h5-6,8,10,16H,3-4,7,9H2,1-2H3. The molecule has 16 heavy (non-hydrogen) atoms. The number of halogens is 2. The summed E-state index contributed by atoms with van der Waals surface area (Å²) in [5.41, 5.74) is 1.05. The van der Waals surface area contributed by atoms with Crippen LogP contribution < -0.4 is 5.32 Å². The van der Waals surface area contributed by atoms with Crippen LogP contribution in [0.5, 0.6) is 0 Å². The molecule has 0 saturated carbocycles. The Hall–Kier alpha value is -0.410. The molecule has 3 heteroatoms. The first-order valence-electron chi connectivity index (χ1n) is 5.74. The van der Waals surface area contributed by atoms with Crippen molar-refractivity contribution >= 4 is 15.9 Å². The molecule has 1 rings (SSSR count). The summed E-state index contributed by atoms with van der Waals surface area (Å²) in [7, 11) is 0. The van der Waals surface area contributed by atoms with Gasteiger partial charge in [0.15, 0.2) is 0 Å². The molecule has 0 fully saturated rings. The largest absolute Gasteiger partial charge is 0.316 e. The summed E-state index contributed by atoms with van der Waals surface area (Å²) in [4.78, 5) is 0. The van der Waals surface area contributed by atoms with Crippen LogP contribution in [-0.2, 0) is 6.42 Å². The van der Waals surface area contributed by atoms with Gasteiger partial charge in [0.2, 0.25) is 0 Å². The lowest BCUT2D eigenvalue weighted by Crippen LogP contribution is -2.21. The fraction of sp³-hybridized carbons (Fsp3) is 0.538. The van der Waals surface area contributed by atoms with E-state index in [1.165, 1.54) is 6.07 Å². The number of hydrogen-bond donors (Lipinski definition) is 1. The van der Waals surface area contributed by atoms with Gasteiger partial charge < -0.3 is 5.32 Å². The molecule has 0 spiro atoms. The molecule has 0 radical (unpaired) electrons. The fourth-order valence-electron chi connectivity index (χ4n) is 1.53. The van der Waals surface area contributed by atoms with E-state index in [-0.39, 0.29) is 5.82 Å². The summed E-state index contributed by atoms with van der Waals surface area (Å²) in [6.45, 7) is 6.41. The number of rotatable bonds is 6. The lowest BCUT2D eigenvalue weighted by atomic mass is 10.1. The first-order valence-corrected chi connectivity index (χ1v) is 6.53.